The fourth-order valence-electron chi connectivity index (χ4n) is 1.12. The highest BCUT2D eigenvalue weighted by atomic mass is 35.5. The van der Waals surface area contributed by atoms with Gasteiger partial charge in [0.1, 0.15) is 0 Å². The molecule has 100 valence electrons. The highest BCUT2D eigenvalue weighted by molar-refractivity contribution is 5.86. The summed E-state index contributed by atoms with van der Waals surface area (Å²) in [5.41, 5.74) is 0. The molecule has 0 radical (unpaired) electrons. The van der Waals surface area contributed by atoms with Crippen LogP contribution in [-0.4, -0.2) is 51.2 Å². The summed E-state index contributed by atoms with van der Waals surface area (Å²) < 4.78 is 4.81. The van der Waals surface area contributed by atoms with E-state index >= 15 is 0 Å². The van der Waals surface area contributed by atoms with Crippen LogP contribution in [0.2, 0.25) is 0 Å². The zero-order chi connectivity index (χ0) is 11.8. The SMILES string of the molecule is COCCNCC(=O)NCC(=O)NC1CC1.Cl. The second kappa shape index (κ2) is 9.21. The highest BCUT2D eigenvalue weighted by Gasteiger charge is 2.22. The Hall–Kier alpha value is -0.850. The fraction of sp³-hybridized carbons (Fsp3) is 0.800. The van der Waals surface area contributed by atoms with E-state index in [9.17, 15) is 9.59 Å². The molecule has 0 aliphatic heterocycles. The molecule has 3 N–H and O–H groups in total. The van der Waals surface area contributed by atoms with Gasteiger partial charge in [-0.05, 0) is 12.8 Å². The van der Waals surface area contributed by atoms with Crippen LogP contribution in [0.25, 0.3) is 0 Å². The molecule has 0 atom stereocenters. The van der Waals surface area contributed by atoms with Gasteiger partial charge in [0.25, 0.3) is 0 Å². The van der Waals surface area contributed by atoms with E-state index in [1.165, 1.54) is 0 Å². The van der Waals surface area contributed by atoms with Gasteiger partial charge in [-0.25, -0.2) is 0 Å². The summed E-state index contributed by atoms with van der Waals surface area (Å²) in [6.45, 7) is 1.45. The number of ether oxygens (including phenoxy) is 1. The van der Waals surface area contributed by atoms with Crippen LogP contribution in [0.1, 0.15) is 12.8 Å². The van der Waals surface area contributed by atoms with Gasteiger partial charge in [-0.1, -0.05) is 0 Å². The molecular weight excluding hydrogens is 246 g/mol. The molecule has 1 rings (SSSR count). The summed E-state index contributed by atoms with van der Waals surface area (Å²) in [5.74, 6) is -0.296. The Labute approximate surface area is 107 Å². The summed E-state index contributed by atoms with van der Waals surface area (Å²) in [4.78, 5) is 22.4. The average molecular weight is 266 g/mol. The van der Waals surface area contributed by atoms with Crippen molar-refractivity contribution in [1.29, 1.82) is 0 Å². The lowest BCUT2D eigenvalue weighted by Gasteiger charge is -2.06. The van der Waals surface area contributed by atoms with Crippen molar-refractivity contribution >= 4 is 24.2 Å². The first-order chi connectivity index (χ1) is 7.72. The molecule has 0 saturated heterocycles. The van der Waals surface area contributed by atoms with Crippen molar-refractivity contribution < 1.29 is 14.3 Å². The smallest absolute Gasteiger partial charge is 0.239 e. The summed E-state index contributed by atoms with van der Waals surface area (Å²) in [6, 6.07) is 0.337. The Kier molecular flexibility index (Phi) is 8.75. The summed E-state index contributed by atoms with van der Waals surface area (Å²) >= 11 is 0. The van der Waals surface area contributed by atoms with Gasteiger partial charge < -0.3 is 20.7 Å². The van der Waals surface area contributed by atoms with Crippen molar-refractivity contribution in [2.45, 2.75) is 18.9 Å². The van der Waals surface area contributed by atoms with Crippen LogP contribution in [0.3, 0.4) is 0 Å². The van der Waals surface area contributed by atoms with Crippen LogP contribution < -0.4 is 16.0 Å². The van der Waals surface area contributed by atoms with E-state index in [4.69, 9.17) is 4.74 Å². The monoisotopic (exact) mass is 265 g/mol. The van der Waals surface area contributed by atoms with Gasteiger partial charge in [0.2, 0.25) is 11.8 Å². The molecule has 0 aromatic heterocycles. The Morgan fingerprint density at radius 1 is 1.24 bits per heavy atom. The second-order valence-corrected chi connectivity index (χ2v) is 3.79. The molecule has 0 unspecified atom stereocenters. The van der Waals surface area contributed by atoms with Gasteiger partial charge >= 0.3 is 0 Å². The van der Waals surface area contributed by atoms with Crippen LogP contribution >= 0.6 is 12.4 Å². The van der Waals surface area contributed by atoms with Crippen molar-refractivity contribution in [2.75, 3.05) is 33.4 Å². The Morgan fingerprint density at radius 3 is 2.53 bits per heavy atom. The average Bonchev–Trinajstić information content (AvgIpc) is 3.05. The van der Waals surface area contributed by atoms with Gasteiger partial charge in [-0.3, -0.25) is 9.59 Å². The first-order valence-electron chi connectivity index (χ1n) is 5.48. The van der Waals surface area contributed by atoms with Gasteiger partial charge in [-0.2, -0.15) is 0 Å². The first-order valence-corrected chi connectivity index (χ1v) is 5.48. The third kappa shape index (κ3) is 8.91. The lowest BCUT2D eigenvalue weighted by atomic mass is 10.5. The molecule has 1 aliphatic carbocycles. The Balaban J connectivity index is 0.00000256. The van der Waals surface area contributed by atoms with Gasteiger partial charge in [0.05, 0.1) is 19.7 Å². The van der Waals surface area contributed by atoms with Crippen molar-refractivity contribution in [2.24, 2.45) is 0 Å². The largest absolute Gasteiger partial charge is 0.383 e. The van der Waals surface area contributed by atoms with Crippen LogP contribution in [-0.2, 0) is 14.3 Å². The standard InChI is InChI=1S/C10H19N3O3.ClH/c1-16-5-4-11-6-9(14)12-7-10(15)13-8-2-3-8;/h8,11H,2-7H2,1H3,(H,12,14)(H,13,15);1H. The molecule has 1 saturated carbocycles. The summed E-state index contributed by atoms with van der Waals surface area (Å²) in [7, 11) is 1.60. The maximum atomic E-state index is 11.2. The number of amides is 2. The third-order valence-corrected chi connectivity index (χ3v) is 2.16. The summed E-state index contributed by atoms with van der Waals surface area (Å²) in [6.07, 6.45) is 2.11. The number of nitrogens with one attached hydrogen (secondary N) is 3. The van der Waals surface area contributed by atoms with E-state index < -0.39 is 0 Å². The van der Waals surface area contributed by atoms with Crippen LogP contribution in [0, 0.1) is 0 Å². The van der Waals surface area contributed by atoms with Gasteiger partial charge in [-0.15, -0.1) is 12.4 Å². The molecule has 6 nitrogen and oxygen atoms in total. The normalized spacial score (nSPS) is 13.7. The molecule has 2 amide bonds. The predicted octanol–water partition coefficient (Wildman–Crippen LogP) is -0.961. The molecule has 0 aromatic carbocycles. The second-order valence-electron chi connectivity index (χ2n) is 3.79. The molecule has 0 aromatic rings. The Morgan fingerprint density at radius 2 is 1.94 bits per heavy atom. The zero-order valence-corrected chi connectivity index (χ0v) is 10.8. The van der Waals surface area contributed by atoms with E-state index in [1.807, 2.05) is 0 Å². The molecule has 17 heavy (non-hydrogen) atoms. The van der Waals surface area contributed by atoms with Gasteiger partial charge in [0.15, 0.2) is 0 Å². The molecule has 0 heterocycles. The number of carbonyl (C=O) groups is 2. The van der Waals surface area contributed by atoms with Crippen LogP contribution in [0.15, 0.2) is 0 Å². The van der Waals surface area contributed by atoms with E-state index in [0.29, 0.717) is 19.2 Å². The summed E-state index contributed by atoms with van der Waals surface area (Å²) in [5, 5.41) is 8.22. The van der Waals surface area contributed by atoms with Crippen molar-refractivity contribution in [1.82, 2.24) is 16.0 Å². The fourth-order valence-corrected chi connectivity index (χ4v) is 1.12. The highest BCUT2D eigenvalue weighted by Crippen LogP contribution is 2.17. The minimum atomic E-state index is -0.179. The predicted molar refractivity (Wildman–Crippen MR) is 66.2 cm³/mol. The maximum Gasteiger partial charge on any atom is 0.239 e. The van der Waals surface area contributed by atoms with E-state index in [-0.39, 0.29) is 37.3 Å². The van der Waals surface area contributed by atoms with Crippen LogP contribution in [0.5, 0.6) is 0 Å². The van der Waals surface area contributed by atoms with Crippen LogP contribution in [0.4, 0.5) is 0 Å². The molecular formula is C10H20ClN3O3. The van der Waals surface area contributed by atoms with E-state index in [2.05, 4.69) is 16.0 Å². The van der Waals surface area contributed by atoms with Crippen molar-refractivity contribution in [3.8, 4) is 0 Å². The number of hydrogen-bond acceptors (Lipinski definition) is 4. The Bertz CT molecular complexity index is 247. The third-order valence-electron chi connectivity index (χ3n) is 2.16. The number of hydrogen-bond donors (Lipinski definition) is 3. The lowest BCUT2D eigenvalue weighted by molar-refractivity contribution is -0.125. The van der Waals surface area contributed by atoms with Crippen molar-refractivity contribution in [3.63, 3.8) is 0 Å². The van der Waals surface area contributed by atoms with Gasteiger partial charge in [0, 0.05) is 19.7 Å². The quantitative estimate of drug-likeness (QED) is 0.494. The molecule has 0 spiro atoms. The van der Waals surface area contributed by atoms with E-state index in [0.717, 1.165) is 12.8 Å². The minimum absolute atomic E-state index is 0. The first kappa shape index (κ1) is 16.1. The number of carbonyl (C=O) groups excluding carboxylic acids is 2. The molecule has 1 aliphatic rings. The maximum absolute atomic E-state index is 11.2. The lowest BCUT2D eigenvalue weighted by Crippen LogP contribution is -2.41. The topological polar surface area (TPSA) is 79.5 Å². The number of rotatable bonds is 8. The zero-order valence-electron chi connectivity index (χ0n) is 9.95. The van der Waals surface area contributed by atoms with E-state index in [1.54, 1.807) is 7.11 Å². The molecule has 1 fully saturated rings. The molecule has 0 bridgehead atoms. The minimum Gasteiger partial charge on any atom is -0.383 e. The van der Waals surface area contributed by atoms with Crippen molar-refractivity contribution in [3.05, 3.63) is 0 Å². The molecule has 7 heteroatoms. The number of halogens is 1. The number of methoxy groups -OCH3 is 1.